The van der Waals surface area contributed by atoms with Crippen molar-refractivity contribution >= 4 is 11.6 Å². The average molecular weight is 282 g/mol. The fraction of sp³-hybridized carbons (Fsp3) is 0.357. The molecule has 19 heavy (non-hydrogen) atoms. The number of aromatic nitrogens is 2. The summed E-state index contributed by atoms with van der Waals surface area (Å²) < 4.78 is 15.3. The minimum Gasteiger partial charge on any atom is -0.322 e. The molecular formula is C14H17ClFN3. The summed E-state index contributed by atoms with van der Waals surface area (Å²) in [5.41, 5.74) is 8.93. The highest BCUT2D eigenvalue weighted by molar-refractivity contribution is 6.30. The summed E-state index contributed by atoms with van der Waals surface area (Å²) in [4.78, 5) is 0. The van der Waals surface area contributed by atoms with Gasteiger partial charge < -0.3 is 5.73 Å². The van der Waals surface area contributed by atoms with E-state index in [9.17, 15) is 4.39 Å². The van der Waals surface area contributed by atoms with Crippen LogP contribution in [0, 0.1) is 12.7 Å². The summed E-state index contributed by atoms with van der Waals surface area (Å²) in [5, 5.41) is 4.50. The number of nitrogens with zero attached hydrogens (tertiary/aromatic N) is 2. The molecule has 0 aliphatic carbocycles. The third-order valence-electron chi connectivity index (χ3n) is 3.05. The lowest BCUT2D eigenvalue weighted by molar-refractivity contribution is 0.564. The maximum atomic E-state index is 13.4. The lowest BCUT2D eigenvalue weighted by atomic mass is 10.0. The molecule has 1 unspecified atom stereocenters. The molecule has 1 atom stereocenters. The van der Waals surface area contributed by atoms with Crippen molar-refractivity contribution in [3.8, 4) is 0 Å². The molecular weight excluding hydrogens is 265 g/mol. The molecule has 0 fully saturated rings. The summed E-state index contributed by atoms with van der Waals surface area (Å²) >= 11 is 5.66. The molecule has 3 nitrogen and oxygen atoms in total. The van der Waals surface area contributed by atoms with Crippen molar-refractivity contribution in [1.29, 1.82) is 0 Å². The van der Waals surface area contributed by atoms with Gasteiger partial charge in [-0.15, -0.1) is 0 Å². The van der Waals surface area contributed by atoms with Gasteiger partial charge in [-0.2, -0.15) is 5.10 Å². The Morgan fingerprint density at radius 3 is 2.79 bits per heavy atom. The van der Waals surface area contributed by atoms with Crippen LogP contribution in [0.25, 0.3) is 0 Å². The summed E-state index contributed by atoms with van der Waals surface area (Å²) in [6.07, 6.45) is 0.555. The van der Waals surface area contributed by atoms with Crippen molar-refractivity contribution in [2.75, 3.05) is 0 Å². The van der Waals surface area contributed by atoms with E-state index in [0.717, 1.165) is 23.5 Å². The number of aryl methyl sites for hydroxylation is 2. The Morgan fingerprint density at radius 1 is 1.42 bits per heavy atom. The first kappa shape index (κ1) is 14.0. The van der Waals surface area contributed by atoms with E-state index in [1.165, 1.54) is 6.07 Å². The minimum atomic E-state index is -0.411. The average Bonchev–Trinajstić information content (AvgIpc) is 2.75. The van der Waals surface area contributed by atoms with Crippen LogP contribution in [0.15, 0.2) is 24.3 Å². The molecule has 0 bridgehead atoms. The molecule has 1 aromatic heterocycles. The molecule has 102 valence electrons. The summed E-state index contributed by atoms with van der Waals surface area (Å²) in [7, 11) is 0. The first-order valence-corrected chi connectivity index (χ1v) is 6.63. The fourth-order valence-corrected chi connectivity index (χ4v) is 2.26. The Hall–Kier alpha value is -1.39. The van der Waals surface area contributed by atoms with Gasteiger partial charge in [-0.1, -0.05) is 17.7 Å². The van der Waals surface area contributed by atoms with Gasteiger partial charge in [0.05, 0.1) is 22.5 Å². The maximum Gasteiger partial charge on any atom is 0.142 e. The lowest BCUT2D eigenvalue weighted by Crippen LogP contribution is -2.18. The zero-order chi connectivity index (χ0) is 14.0. The molecule has 2 N–H and O–H groups in total. The van der Waals surface area contributed by atoms with Gasteiger partial charge in [0.1, 0.15) is 5.82 Å². The van der Waals surface area contributed by atoms with Crippen molar-refractivity contribution in [2.45, 2.75) is 32.9 Å². The van der Waals surface area contributed by atoms with Gasteiger partial charge in [0, 0.05) is 6.54 Å². The Bertz CT molecular complexity index is 580. The maximum absolute atomic E-state index is 13.4. The summed E-state index contributed by atoms with van der Waals surface area (Å²) in [6, 6.07) is 6.55. The molecule has 2 aromatic rings. The van der Waals surface area contributed by atoms with E-state index >= 15 is 0 Å². The Morgan fingerprint density at radius 2 is 2.16 bits per heavy atom. The lowest BCUT2D eigenvalue weighted by Gasteiger charge is -2.13. The zero-order valence-electron chi connectivity index (χ0n) is 11.0. The Labute approximate surface area is 117 Å². The van der Waals surface area contributed by atoms with Gasteiger partial charge in [-0.05, 0) is 44.0 Å². The van der Waals surface area contributed by atoms with Crippen LogP contribution in [0.5, 0.6) is 0 Å². The molecule has 0 spiro atoms. The standard InChI is InChI=1S/C14H17ClFN3/c1-3-19-14(6-9(2)18-19)13(17)8-10-4-5-11(15)12(16)7-10/h4-7,13H,3,8,17H2,1-2H3. The van der Waals surface area contributed by atoms with Crippen molar-refractivity contribution in [2.24, 2.45) is 5.73 Å². The van der Waals surface area contributed by atoms with E-state index in [1.807, 2.05) is 24.6 Å². The van der Waals surface area contributed by atoms with Gasteiger partial charge in [0.2, 0.25) is 0 Å². The van der Waals surface area contributed by atoms with E-state index in [4.69, 9.17) is 17.3 Å². The van der Waals surface area contributed by atoms with Crippen LogP contribution in [0.3, 0.4) is 0 Å². The SMILES string of the molecule is CCn1nc(C)cc1C(N)Cc1ccc(Cl)c(F)c1. The predicted octanol–water partition coefficient (Wildman–Crippen LogP) is 3.25. The molecule has 2 rings (SSSR count). The second-order valence-electron chi connectivity index (χ2n) is 4.59. The topological polar surface area (TPSA) is 43.8 Å². The highest BCUT2D eigenvalue weighted by Crippen LogP contribution is 2.21. The van der Waals surface area contributed by atoms with Crippen LogP contribution in [-0.2, 0) is 13.0 Å². The van der Waals surface area contributed by atoms with Crippen molar-refractivity contribution in [3.05, 3.63) is 52.1 Å². The molecule has 1 heterocycles. The minimum absolute atomic E-state index is 0.131. The van der Waals surface area contributed by atoms with E-state index < -0.39 is 5.82 Å². The van der Waals surface area contributed by atoms with E-state index in [2.05, 4.69) is 5.10 Å². The van der Waals surface area contributed by atoms with Gasteiger partial charge >= 0.3 is 0 Å². The third kappa shape index (κ3) is 3.14. The molecule has 0 radical (unpaired) electrons. The first-order chi connectivity index (χ1) is 9.01. The van der Waals surface area contributed by atoms with Crippen molar-refractivity contribution in [1.82, 2.24) is 9.78 Å². The molecule has 0 saturated carbocycles. The summed E-state index contributed by atoms with van der Waals surface area (Å²) in [5.74, 6) is -0.411. The monoisotopic (exact) mass is 281 g/mol. The van der Waals surface area contributed by atoms with Gasteiger partial charge in [-0.25, -0.2) is 4.39 Å². The normalized spacial score (nSPS) is 12.7. The van der Waals surface area contributed by atoms with E-state index in [-0.39, 0.29) is 11.1 Å². The zero-order valence-corrected chi connectivity index (χ0v) is 11.8. The van der Waals surface area contributed by atoms with E-state index in [1.54, 1.807) is 12.1 Å². The van der Waals surface area contributed by atoms with Crippen molar-refractivity contribution < 1.29 is 4.39 Å². The Balaban J connectivity index is 2.20. The van der Waals surface area contributed by atoms with Crippen LogP contribution in [0.4, 0.5) is 4.39 Å². The second-order valence-corrected chi connectivity index (χ2v) is 4.99. The predicted molar refractivity (Wildman–Crippen MR) is 74.7 cm³/mol. The van der Waals surface area contributed by atoms with Crippen LogP contribution in [0.2, 0.25) is 5.02 Å². The third-order valence-corrected chi connectivity index (χ3v) is 3.36. The number of rotatable bonds is 4. The van der Waals surface area contributed by atoms with E-state index in [0.29, 0.717) is 6.42 Å². The van der Waals surface area contributed by atoms with Gasteiger partial charge in [0.15, 0.2) is 0 Å². The van der Waals surface area contributed by atoms with Crippen LogP contribution in [0.1, 0.15) is 29.9 Å². The molecule has 1 aromatic carbocycles. The molecule has 0 aliphatic heterocycles. The molecule has 0 amide bonds. The number of halogens is 2. The number of hydrogen-bond acceptors (Lipinski definition) is 2. The van der Waals surface area contributed by atoms with Gasteiger partial charge in [-0.3, -0.25) is 4.68 Å². The largest absolute Gasteiger partial charge is 0.322 e. The molecule has 0 saturated heterocycles. The quantitative estimate of drug-likeness (QED) is 0.935. The van der Waals surface area contributed by atoms with Crippen LogP contribution < -0.4 is 5.73 Å². The number of hydrogen-bond donors (Lipinski definition) is 1. The van der Waals surface area contributed by atoms with Crippen molar-refractivity contribution in [3.63, 3.8) is 0 Å². The first-order valence-electron chi connectivity index (χ1n) is 6.25. The highest BCUT2D eigenvalue weighted by Gasteiger charge is 2.14. The highest BCUT2D eigenvalue weighted by atomic mass is 35.5. The van der Waals surface area contributed by atoms with Crippen LogP contribution >= 0.6 is 11.6 Å². The second kappa shape index (κ2) is 5.72. The number of benzene rings is 1. The summed E-state index contributed by atoms with van der Waals surface area (Å²) in [6.45, 7) is 4.72. The number of nitrogens with two attached hydrogens (primary N) is 1. The Kier molecular flexibility index (Phi) is 4.22. The molecule has 5 heteroatoms. The fourth-order valence-electron chi connectivity index (χ4n) is 2.14. The van der Waals surface area contributed by atoms with Gasteiger partial charge in [0.25, 0.3) is 0 Å². The smallest absolute Gasteiger partial charge is 0.142 e. The molecule has 0 aliphatic rings. The van der Waals surface area contributed by atoms with Crippen LogP contribution in [-0.4, -0.2) is 9.78 Å².